The smallest absolute Gasteiger partial charge is 0.416 e. The molecule has 2 N–H and O–H groups in total. The first-order chi connectivity index (χ1) is 18.2. The summed E-state index contributed by atoms with van der Waals surface area (Å²) in [4.78, 5) is 11.5. The van der Waals surface area contributed by atoms with Gasteiger partial charge in [-0.15, -0.1) is 0 Å². The number of alkyl halides is 3. The van der Waals surface area contributed by atoms with Crippen LogP contribution in [0.3, 0.4) is 0 Å². The second-order valence-corrected chi connectivity index (χ2v) is 10.2. The van der Waals surface area contributed by atoms with Crippen molar-refractivity contribution in [1.82, 2.24) is 15.3 Å². The third kappa shape index (κ3) is 5.89. The van der Waals surface area contributed by atoms with Gasteiger partial charge in [-0.1, -0.05) is 23.7 Å². The highest BCUT2D eigenvalue weighted by Crippen LogP contribution is 2.36. The van der Waals surface area contributed by atoms with Gasteiger partial charge in [0.25, 0.3) is 0 Å². The second-order valence-electron chi connectivity index (χ2n) is 9.81. The molecule has 0 unspecified atom stereocenters. The highest BCUT2D eigenvalue weighted by atomic mass is 35.5. The van der Waals surface area contributed by atoms with E-state index in [1.54, 1.807) is 12.1 Å². The molecule has 2 aromatic heterocycles. The standard InChI is InChI=1S/C28H29ClF3N5O/c1-37(2)26-21-5-3-4-6-24(21)35-27(36-26)34-19-10-8-18(9-11-19)33-16-20-12-14-25(38-20)22-15-17(28(30,31)32)7-13-23(22)29/h3-7,12-15,18-19,33H,8-11,16H2,1-2H3,(H,34,35,36). The Morgan fingerprint density at radius 3 is 2.45 bits per heavy atom. The Morgan fingerprint density at radius 2 is 1.71 bits per heavy atom. The van der Waals surface area contributed by atoms with Crippen molar-refractivity contribution in [3.63, 3.8) is 0 Å². The molecule has 0 bridgehead atoms. The summed E-state index contributed by atoms with van der Waals surface area (Å²) in [6, 6.07) is 15.3. The molecular formula is C28H29ClF3N5O. The SMILES string of the molecule is CN(C)c1nc(NC2CCC(NCc3ccc(-c4cc(C(F)(F)F)ccc4Cl)o3)CC2)nc2ccccc12. The van der Waals surface area contributed by atoms with Crippen LogP contribution in [0.5, 0.6) is 0 Å². The first-order valence-electron chi connectivity index (χ1n) is 12.6. The summed E-state index contributed by atoms with van der Waals surface area (Å²) in [7, 11) is 3.96. The van der Waals surface area contributed by atoms with Crippen LogP contribution in [0.15, 0.2) is 59.0 Å². The van der Waals surface area contributed by atoms with Gasteiger partial charge in [0, 0.05) is 37.1 Å². The number of benzene rings is 2. The molecule has 4 aromatic rings. The number of halogens is 4. The van der Waals surface area contributed by atoms with Gasteiger partial charge in [0.2, 0.25) is 5.95 Å². The van der Waals surface area contributed by atoms with E-state index in [0.717, 1.165) is 54.5 Å². The predicted molar refractivity (Wildman–Crippen MR) is 145 cm³/mol. The van der Waals surface area contributed by atoms with Crippen LogP contribution in [0, 0.1) is 0 Å². The molecule has 1 aliphatic rings. The zero-order valence-electron chi connectivity index (χ0n) is 21.1. The fraction of sp³-hybridized carbons (Fsp3) is 0.357. The summed E-state index contributed by atoms with van der Waals surface area (Å²) in [6.07, 6.45) is -0.570. The highest BCUT2D eigenvalue weighted by Gasteiger charge is 2.31. The summed E-state index contributed by atoms with van der Waals surface area (Å²) in [5.74, 6) is 2.49. The number of rotatable bonds is 7. The van der Waals surface area contributed by atoms with E-state index in [4.69, 9.17) is 26.0 Å². The first-order valence-corrected chi connectivity index (χ1v) is 12.9. The van der Waals surface area contributed by atoms with Crippen LogP contribution in [-0.2, 0) is 12.7 Å². The lowest BCUT2D eigenvalue weighted by Crippen LogP contribution is -2.36. The van der Waals surface area contributed by atoms with Gasteiger partial charge >= 0.3 is 6.18 Å². The Balaban J connectivity index is 1.16. The largest absolute Gasteiger partial charge is 0.460 e. The molecular weight excluding hydrogens is 515 g/mol. The third-order valence-electron chi connectivity index (χ3n) is 6.85. The van der Waals surface area contributed by atoms with Gasteiger partial charge < -0.3 is 20.0 Å². The van der Waals surface area contributed by atoms with E-state index in [9.17, 15) is 13.2 Å². The van der Waals surface area contributed by atoms with Crippen LogP contribution < -0.4 is 15.5 Å². The van der Waals surface area contributed by atoms with Crippen LogP contribution in [-0.4, -0.2) is 36.1 Å². The Hall–Kier alpha value is -3.30. The minimum atomic E-state index is -4.45. The first kappa shape index (κ1) is 26.3. The van der Waals surface area contributed by atoms with E-state index in [0.29, 0.717) is 30.1 Å². The lowest BCUT2D eigenvalue weighted by atomic mass is 9.91. The van der Waals surface area contributed by atoms with Gasteiger partial charge in [0.05, 0.1) is 22.6 Å². The number of nitrogens with zero attached hydrogens (tertiary/aromatic N) is 3. The fourth-order valence-electron chi connectivity index (χ4n) is 4.84. The Morgan fingerprint density at radius 1 is 0.974 bits per heavy atom. The van der Waals surface area contributed by atoms with Crippen molar-refractivity contribution < 1.29 is 17.6 Å². The van der Waals surface area contributed by atoms with Crippen LogP contribution in [0.1, 0.15) is 37.0 Å². The van der Waals surface area contributed by atoms with Gasteiger partial charge in [-0.05, 0) is 68.1 Å². The van der Waals surface area contributed by atoms with Crippen molar-refractivity contribution in [2.24, 2.45) is 0 Å². The number of aromatic nitrogens is 2. The maximum atomic E-state index is 13.1. The summed E-state index contributed by atoms with van der Waals surface area (Å²) in [5, 5.41) is 8.26. The van der Waals surface area contributed by atoms with Crippen molar-refractivity contribution in [2.75, 3.05) is 24.3 Å². The average Bonchev–Trinajstić information content (AvgIpc) is 3.36. The van der Waals surface area contributed by atoms with Gasteiger partial charge in [-0.25, -0.2) is 4.98 Å². The number of nitrogens with one attached hydrogen (secondary N) is 2. The topological polar surface area (TPSA) is 66.2 Å². The fourth-order valence-corrected chi connectivity index (χ4v) is 5.05. The van der Waals surface area contributed by atoms with Gasteiger partial charge in [-0.2, -0.15) is 18.2 Å². The van der Waals surface area contributed by atoms with Gasteiger partial charge in [0.1, 0.15) is 17.3 Å². The lowest BCUT2D eigenvalue weighted by molar-refractivity contribution is -0.137. The number of anilines is 2. The molecule has 200 valence electrons. The molecule has 2 heterocycles. The lowest BCUT2D eigenvalue weighted by Gasteiger charge is -2.30. The van der Waals surface area contributed by atoms with Crippen LogP contribution in [0.25, 0.3) is 22.2 Å². The number of para-hydroxylation sites is 1. The predicted octanol–water partition coefficient (Wildman–Crippen LogP) is 7.14. The van der Waals surface area contributed by atoms with Crippen molar-refractivity contribution in [2.45, 2.75) is 50.5 Å². The normalized spacial score (nSPS) is 18.1. The molecule has 10 heteroatoms. The van der Waals surface area contributed by atoms with E-state index in [-0.39, 0.29) is 16.6 Å². The van der Waals surface area contributed by atoms with Crippen molar-refractivity contribution in [3.05, 3.63) is 70.9 Å². The van der Waals surface area contributed by atoms with Gasteiger partial charge in [-0.3, -0.25) is 0 Å². The highest BCUT2D eigenvalue weighted by molar-refractivity contribution is 6.33. The Labute approximate surface area is 224 Å². The molecule has 0 radical (unpaired) electrons. The molecule has 0 atom stereocenters. The number of fused-ring (bicyclic) bond motifs is 1. The van der Waals surface area contributed by atoms with Crippen LogP contribution >= 0.6 is 11.6 Å². The van der Waals surface area contributed by atoms with E-state index in [2.05, 4.69) is 10.6 Å². The number of hydrogen-bond donors (Lipinski definition) is 2. The molecule has 1 aliphatic carbocycles. The molecule has 1 fully saturated rings. The molecule has 2 aromatic carbocycles. The van der Waals surface area contributed by atoms with E-state index in [1.165, 1.54) is 6.07 Å². The Bertz CT molecular complexity index is 1410. The maximum Gasteiger partial charge on any atom is 0.416 e. The zero-order chi connectivity index (χ0) is 26.9. The molecule has 5 rings (SSSR count). The van der Waals surface area contributed by atoms with E-state index in [1.807, 2.05) is 43.3 Å². The molecule has 38 heavy (non-hydrogen) atoms. The summed E-state index contributed by atoms with van der Waals surface area (Å²) in [5.41, 5.74) is 0.381. The monoisotopic (exact) mass is 543 g/mol. The molecule has 1 saturated carbocycles. The minimum Gasteiger partial charge on any atom is -0.460 e. The number of furan rings is 1. The minimum absolute atomic E-state index is 0.214. The van der Waals surface area contributed by atoms with Crippen LogP contribution in [0.2, 0.25) is 5.02 Å². The van der Waals surface area contributed by atoms with Crippen LogP contribution in [0.4, 0.5) is 24.9 Å². The van der Waals surface area contributed by atoms with Gasteiger partial charge in [0.15, 0.2) is 0 Å². The molecule has 0 amide bonds. The molecule has 0 saturated heterocycles. The summed E-state index contributed by atoms with van der Waals surface area (Å²) < 4.78 is 45.2. The molecule has 6 nitrogen and oxygen atoms in total. The third-order valence-corrected chi connectivity index (χ3v) is 7.18. The van der Waals surface area contributed by atoms with E-state index >= 15 is 0 Å². The Kier molecular flexibility index (Phi) is 7.49. The van der Waals surface area contributed by atoms with E-state index < -0.39 is 11.7 Å². The van der Waals surface area contributed by atoms with Crippen molar-refractivity contribution in [1.29, 1.82) is 0 Å². The maximum absolute atomic E-state index is 13.1. The quantitative estimate of drug-likeness (QED) is 0.258. The van der Waals surface area contributed by atoms with Crippen molar-refractivity contribution in [3.8, 4) is 11.3 Å². The van der Waals surface area contributed by atoms with Crippen molar-refractivity contribution >= 4 is 34.3 Å². The average molecular weight is 544 g/mol. The molecule has 0 spiro atoms. The molecule has 0 aliphatic heterocycles. The number of hydrogen-bond acceptors (Lipinski definition) is 6. The zero-order valence-corrected chi connectivity index (χ0v) is 21.9. The summed E-state index contributed by atoms with van der Waals surface area (Å²) >= 11 is 6.15. The second kappa shape index (κ2) is 10.8. The summed E-state index contributed by atoms with van der Waals surface area (Å²) in [6.45, 7) is 0.485.